The van der Waals surface area contributed by atoms with E-state index in [2.05, 4.69) is 15.5 Å². The molecular weight excluding hydrogens is 302 g/mol. The number of aromatic carboxylic acids is 1. The van der Waals surface area contributed by atoms with E-state index < -0.39 is 5.97 Å². The summed E-state index contributed by atoms with van der Waals surface area (Å²) < 4.78 is 5.38. The first-order valence-corrected chi connectivity index (χ1v) is 6.96. The number of carboxylic acids is 1. The van der Waals surface area contributed by atoms with Gasteiger partial charge in [-0.2, -0.15) is 0 Å². The van der Waals surface area contributed by atoms with Gasteiger partial charge in [0.25, 0.3) is 5.56 Å². The molecule has 1 aromatic heterocycles. The Bertz CT molecular complexity index is 762. The lowest BCUT2D eigenvalue weighted by Crippen LogP contribution is -2.30. The highest BCUT2D eigenvalue weighted by atomic mass is 16.5. The molecule has 23 heavy (non-hydrogen) atoms. The smallest absolute Gasteiger partial charge is 0.335 e. The number of carbonyl (C=O) groups excluding carboxylic acids is 1. The standard InChI is InChI=1S/C15H17N3O5/c1-9-12(14(20)18-17-9)8-13(19)16-5-6-23-11-4-2-3-10(7-11)15(21)22/h2-4,7H,5-6,8H2,1H3,(H,16,19)(H,21,22)(H2,17,18,20). The summed E-state index contributed by atoms with van der Waals surface area (Å²) in [6.07, 6.45) is -0.0147. The number of carbonyl (C=O) groups is 2. The van der Waals surface area contributed by atoms with Crippen LogP contribution in [-0.2, 0) is 11.2 Å². The number of ether oxygens (including phenoxy) is 1. The summed E-state index contributed by atoms with van der Waals surface area (Å²) in [5, 5.41) is 16.6. The minimum atomic E-state index is -1.03. The number of amides is 1. The van der Waals surface area contributed by atoms with E-state index in [9.17, 15) is 14.4 Å². The molecular formula is C15H17N3O5. The molecule has 0 saturated carbocycles. The zero-order chi connectivity index (χ0) is 16.8. The first-order chi connectivity index (χ1) is 11.0. The summed E-state index contributed by atoms with van der Waals surface area (Å²) in [4.78, 5) is 34.0. The van der Waals surface area contributed by atoms with E-state index in [-0.39, 0.29) is 36.6 Å². The Balaban J connectivity index is 1.77. The van der Waals surface area contributed by atoms with Crippen molar-refractivity contribution >= 4 is 11.9 Å². The minimum Gasteiger partial charge on any atom is -0.492 e. The highest BCUT2D eigenvalue weighted by Gasteiger charge is 2.11. The van der Waals surface area contributed by atoms with Gasteiger partial charge in [-0.25, -0.2) is 4.79 Å². The fourth-order valence-corrected chi connectivity index (χ4v) is 1.99. The van der Waals surface area contributed by atoms with Gasteiger partial charge in [-0.05, 0) is 25.1 Å². The molecule has 122 valence electrons. The molecule has 2 rings (SSSR count). The van der Waals surface area contributed by atoms with Gasteiger partial charge in [0.1, 0.15) is 12.4 Å². The van der Waals surface area contributed by atoms with Crippen molar-refractivity contribution in [1.82, 2.24) is 15.5 Å². The van der Waals surface area contributed by atoms with Gasteiger partial charge in [0.05, 0.1) is 18.5 Å². The molecule has 8 heteroatoms. The molecule has 0 spiro atoms. The molecule has 0 saturated heterocycles. The quantitative estimate of drug-likeness (QED) is 0.551. The lowest BCUT2D eigenvalue weighted by atomic mass is 10.2. The second-order valence-electron chi connectivity index (χ2n) is 4.89. The van der Waals surface area contributed by atoms with Gasteiger partial charge in [-0.15, -0.1) is 0 Å². The number of hydrogen-bond acceptors (Lipinski definition) is 4. The van der Waals surface area contributed by atoms with Crippen LogP contribution in [0.15, 0.2) is 29.1 Å². The zero-order valence-corrected chi connectivity index (χ0v) is 12.5. The number of aryl methyl sites for hydroxylation is 1. The number of rotatable bonds is 7. The average Bonchev–Trinajstić information content (AvgIpc) is 2.84. The maximum Gasteiger partial charge on any atom is 0.335 e. The first kappa shape index (κ1) is 16.3. The van der Waals surface area contributed by atoms with Crippen molar-refractivity contribution in [2.24, 2.45) is 0 Å². The van der Waals surface area contributed by atoms with Crippen molar-refractivity contribution in [1.29, 1.82) is 0 Å². The molecule has 0 aliphatic heterocycles. The Morgan fingerprint density at radius 2 is 2.09 bits per heavy atom. The minimum absolute atomic E-state index is 0.0147. The van der Waals surface area contributed by atoms with E-state index in [4.69, 9.17) is 9.84 Å². The first-order valence-electron chi connectivity index (χ1n) is 6.96. The van der Waals surface area contributed by atoms with Crippen molar-refractivity contribution in [3.63, 3.8) is 0 Å². The molecule has 0 unspecified atom stereocenters. The van der Waals surface area contributed by atoms with E-state index in [0.29, 0.717) is 17.0 Å². The van der Waals surface area contributed by atoms with Crippen molar-refractivity contribution in [2.45, 2.75) is 13.3 Å². The lowest BCUT2D eigenvalue weighted by molar-refractivity contribution is -0.120. The van der Waals surface area contributed by atoms with Gasteiger partial charge >= 0.3 is 5.97 Å². The van der Waals surface area contributed by atoms with E-state index in [1.165, 1.54) is 12.1 Å². The molecule has 1 amide bonds. The van der Waals surface area contributed by atoms with Crippen LogP contribution in [0.5, 0.6) is 5.75 Å². The maximum atomic E-state index is 11.8. The SMILES string of the molecule is Cc1[nH][nH]c(=O)c1CC(=O)NCCOc1cccc(C(=O)O)c1. The van der Waals surface area contributed by atoms with Crippen LogP contribution in [-0.4, -0.2) is 40.3 Å². The normalized spacial score (nSPS) is 10.3. The van der Waals surface area contributed by atoms with Crippen molar-refractivity contribution in [2.75, 3.05) is 13.2 Å². The van der Waals surface area contributed by atoms with Crippen LogP contribution in [0.25, 0.3) is 0 Å². The van der Waals surface area contributed by atoms with Gasteiger partial charge in [0, 0.05) is 11.3 Å². The molecule has 4 N–H and O–H groups in total. The van der Waals surface area contributed by atoms with Crippen LogP contribution in [0.3, 0.4) is 0 Å². The number of carboxylic acid groups (broad SMARTS) is 1. The fourth-order valence-electron chi connectivity index (χ4n) is 1.99. The number of H-pyrrole nitrogens is 2. The number of nitrogens with one attached hydrogen (secondary N) is 3. The van der Waals surface area contributed by atoms with Gasteiger partial charge in [0.2, 0.25) is 5.91 Å². The monoisotopic (exact) mass is 319 g/mol. The second-order valence-corrected chi connectivity index (χ2v) is 4.89. The third kappa shape index (κ3) is 4.47. The fraction of sp³-hybridized carbons (Fsp3) is 0.267. The third-order valence-corrected chi connectivity index (χ3v) is 3.20. The van der Waals surface area contributed by atoms with E-state index in [0.717, 1.165) is 0 Å². The topological polar surface area (TPSA) is 124 Å². The Labute approximate surface area is 131 Å². The molecule has 0 radical (unpaired) electrons. The third-order valence-electron chi connectivity index (χ3n) is 3.20. The molecule has 1 aromatic carbocycles. The molecule has 0 aliphatic carbocycles. The molecule has 2 aromatic rings. The van der Waals surface area contributed by atoms with Crippen molar-refractivity contribution in [3.8, 4) is 5.75 Å². The Morgan fingerprint density at radius 1 is 1.30 bits per heavy atom. The molecule has 0 fully saturated rings. The number of benzene rings is 1. The summed E-state index contributed by atoms with van der Waals surface area (Å²) in [5.74, 6) is -0.908. The van der Waals surface area contributed by atoms with Crippen LogP contribution in [0, 0.1) is 6.92 Å². The summed E-state index contributed by atoms with van der Waals surface area (Å²) >= 11 is 0. The highest BCUT2D eigenvalue weighted by molar-refractivity contribution is 5.88. The summed E-state index contributed by atoms with van der Waals surface area (Å²) in [5.41, 5.74) is 0.859. The largest absolute Gasteiger partial charge is 0.492 e. The number of hydrogen-bond donors (Lipinski definition) is 4. The number of aromatic amines is 2. The van der Waals surface area contributed by atoms with Crippen LogP contribution in [0.1, 0.15) is 21.6 Å². The molecule has 0 aliphatic rings. The van der Waals surface area contributed by atoms with Crippen LogP contribution in [0.2, 0.25) is 0 Å². The van der Waals surface area contributed by atoms with E-state index >= 15 is 0 Å². The lowest BCUT2D eigenvalue weighted by Gasteiger charge is -2.08. The maximum absolute atomic E-state index is 11.8. The summed E-state index contributed by atoms with van der Waals surface area (Å²) in [6.45, 7) is 2.15. The predicted octanol–water partition coefficient (Wildman–Crippen LogP) is 0.447. The van der Waals surface area contributed by atoms with Crippen molar-refractivity contribution in [3.05, 3.63) is 51.4 Å². The molecule has 1 heterocycles. The highest BCUT2D eigenvalue weighted by Crippen LogP contribution is 2.12. The Hall–Kier alpha value is -3.03. The summed E-state index contributed by atoms with van der Waals surface area (Å²) in [7, 11) is 0. The molecule has 0 atom stereocenters. The van der Waals surface area contributed by atoms with Crippen molar-refractivity contribution < 1.29 is 19.4 Å². The zero-order valence-electron chi connectivity index (χ0n) is 12.5. The van der Waals surface area contributed by atoms with Gasteiger partial charge in [-0.3, -0.25) is 14.7 Å². The van der Waals surface area contributed by atoms with E-state index in [1.54, 1.807) is 19.1 Å². The molecule has 0 bridgehead atoms. The average molecular weight is 319 g/mol. The van der Waals surface area contributed by atoms with Crippen LogP contribution >= 0.6 is 0 Å². The van der Waals surface area contributed by atoms with Gasteiger partial charge in [0.15, 0.2) is 0 Å². The number of aromatic nitrogens is 2. The summed E-state index contributed by atoms with van der Waals surface area (Å²) in [6, 6.07) is 6.09. The van der Waals surface area contributed by atoms with Crippen LogP contribution in [0.4, 0.5) is 0 Å². The van der Waals surface area contributed by atoms with Crippen LogP contribution < -0.4 is 15.6 Å². The Kier molecular flexibility index (Phi) is 5.19. The predicted molar refractivity (Wildman–Crippen MR) is 81.8 cm³/mol. The molecule has 8 nitrogen and oxygen atoms in total. The Morgan fingerprint density at radius 3 is 2.74 bits per heavy atom. The van der Waals surface area contributed by atoms with Gasteiger partial charge in [-0.1, -0.05) is 6.07 Å². The second kappa shape index (κ2) is 7.30. The van der Waals surface area contributed by atoms with E-state index in [1.807, 2.05) is 0 Å². The van der Waals surface area contributed by atoms with Gasteiger partial charge < -0.3 is 20.3 Å².